The number of hydrogen-bond acceptors (Lipinski definition) is 7. The Bertz CT molecular complexity index is 7630. The zero-order chi connectivity index (χ0) is 85.0. The van der Waals surface area contributed by atoms with Crippen LogP contribution in [0.2, 0.25) is 0 Å². The lowest BCUT2D eigenvalue weighted by Gasteiger charge is -2.31. The van der Waals surface area contributed by atoms with Crippen molar-refractivity contribution in [2.75, 3.05) is 7.11 Å². The Hall–Kier alpha value is -15.1. The number of non-ortho nitro benzene ring substituents is 1. The Morgan fingerprint density at radius 3 is 0.638 bits per heavy atom. The lowest BCUT2D eigenvalue weighted by atomic mass is 9.80. The number of nitro groups is 1. The molecule has 0 N–H and O–H groups in total. The van der Waals surface area contributed by atoms with E-state index in [0.717, 1.165) is 39.1 Å². The van der Waals surface area contributed by atoms with Crippen molar-refractivity contribution in [3.63, 3.8) is 0 Å². The van der Waals surface area contributed by atoms with Crippen molar-refractivity contribution in [3.05, 3.63) is 503 Å². The summed E-state index contributed by atoms with van der Waals surface area (Å²) in [4.78, 5) is 18.6. The van der Waals surface area contributed by atoms with Gasteiger partial charge in [-0.1, -0.05) is 387 Å². The van der Waals surface area contributed by atoms with Crippen LogP contribution in [0.1, 0.15) is 73.4 Å². The summed E-state index contributed by atoms with van der Waals surface area (Å²) < 4.78 is 5.32. The topological polar surface area (TPSA) is 76.2 Å². The van der Waals surface area contributed by atoms with Crippen molar-refractivity contribution in [1.29, 1.82) is 5.26 Å². The first-order valence-corrected chi connectivity index (χ1v) is 45.3. The van der Waals surface area contributed by atoms with E-state index in [9.17, 15) is 10.1 Å². The fourth-order valence-electron chi connectivity index (χ4n) is 19.2. The molecule has 5 nitrogen and oxygen atoms in total. The van der Waals surface area contributed by atoms with E-state index >= 15 is 0 Å². The zero-order valence-corrected chi connectivity index (χ0v) is 71.6. The third kappa shape index (κ3) is 14.7. The average Bonchev–Trinajstić information content (AvgIpc) is 0.734. The smallest absolute Gasteiger partial charge is 0.269 e. The van der Waals surface area contributed by atoms with Gasteiger partial charge in [0, 0.05) is 59.3 Å². The van der Waals surface area contributed by atoms with Crippen molar-refractivity contribution in [2.45, 2.75) is 47.1 Å². The minimum atomic E-state index is -0.370. The fourth-order valence-corrected chi connectivity index (χ4v) is 22.8. The van der Waals surface area contributed by atoms with Crippen LogP contribution >= 0.6 is 35.3 Å². The molecule has 3 aliphatic heterocycles. The maximum Gasteiger partial charge on any atom is 0.269 e. The minimum Gasteiger partial charge on any atom is -0.497 e. The molecule has 21 aromatic carbocycles. The molecule has 0 saturated heterocycles. The molecule has 8 heteroatoms. The van der Waals surface area contributed by atoms with Gasteiger partial charge in [-0.2, -0.15) is 5.26 Å². The largest absolute Gasteiger partial charge is 0.497 e. The second kappa shape index (κ2) is 33.5. The highest BCUT2D eigenvalue weighted by Gasteiger charge is 2.35. The van der Waals surface area contributed by atoms with E-state index in [-0.39, 0.29) is 28.4 Å². The SMILES string of the molecule is COc1ccc(-c2ccc(-c3ccc(C4c5c(ccc6ccccc56)Sc5ccc6ccccc6c54)cc3)cc2)cc1.N#Cc1ccc(-c2ccc(-c3ccc(C4c5c(ccc6ccccc56)Sc5ccc6ccccc6c54)cc3)cc2)cc1.O=[N+]([O-])c1ccc(-c2ccc(-c3ccc(C4c5c(ccc6ccccc56)Sc5ccc6ccccc6c54)cc3)cc2)cc1. The van der Waals surface area contributed by atoms with Gasteiger partial charge in [-0.25, -0.2) is 0 Å². The van der Waals surface area contributed by atoms with E-state index in [0.29, 0.717) is 5.56 Å². The van der Waals surface area contributed by atoms with Crippen LogP contribution in [0.3, 0.4) is 0 Å². The molecule has 0 aliphatic carbocycles. The summed E-state index contributed by atoms with van der Waals surface area (Å²) in [6.45, 7) is 0. The van der Waals surface area contributed by atoms with E-state index in [2.05, 4.69) is 382 Å². The molecular formula is C119H78N2O3S3. The van der Waals surface area contributed by atoms with E-state index in [4.69, 9.17) is 10.00 Å². The molecule has 127 heavy (non-hydrogen) atoms. The lowest BCUT2D eigenvalue weighted by Crippen LogP contribution is -2.11. The number of hydrogen-bond donors (Lipinski definition) is 0. The molecule has 24 rings (SSSR count). The Morgan fingerprint density at radius 2 is 0.433 bits per heavy atom. The Labute approximate surface area is 750 Å². The summed E-state index contributed by atoms with van der Waals surface area (Å²) in [6.07, 6.45) is 0. The standard InChI is InChI=1S/C40H25NS.C40H28OS.C39H25NO2S/c41-25-26-9-11-27(12-10-26)28-13-15-29(16-14-28)30-17-19-33(20-18-30)38-39-34-7-3-1-5-31(34)21-23-36(39)42-37-24-22-32-6-2-4-8-35(32)40(37)38;1-41-33-22-18-29(19-23-33)27-12-10-26(11-13-27)28-14-16-32(17-15-28)38-39-34-8-4-2-6-30(34)20-24-36(39)42-37-25-21-31-7-3-5-9-35(31)40(37)38;41-40(42)32-21-17-28(18-22-32)26-11-9-25(10-12-26)27-13-15-31(16-14-27)37-38-33-7-3-1-5-29(33)19-23-35(38)43-36-24-20-30-6-2-4-8-34(30)39(36)37/h1-24,38H;2-25,38H,1H3;1-24,37H. The van der Waals surface area contributed by atoms with Gasteiger partial charge < -0.3 is 4.74 Å². The monoisotopic (exact) mass is 1680 g/mol. The van der Waals surface area contributed by atoms with Crippen LogP contribution < -0.4 is 4.74 Å². The third-order valence-corrected chi connectivity index (χ3v) is 29.0. The molecule has 3 aliphatic rings. The molecule has 0 atom stereocenters. The Kier molecular flexibility index (Phi) is 20.6. The fraction of sp³-hybridized carbons (Fsp3) is 0.0336. The van der Waals surface area contributed by atoms with Gasteiger partial charge in [0.1, 0.15) is 5.75 Å². The highest BCUT2D eigenvalue weighted by atomic mass is 32.2. The van der Waals surface area contributed by atoms with Gasteiger partial charge in [0.15, 0.2) is 0 Å². The van der Waals surface area contributed by atoms with Crippen LogP contribution in [-0.2, 0) is 0 Å². The summed E-state index contributed by atoms with van der Waals surface area (Å²) in [7, 11) is 1.70. The molecule has 3 heterocycles. The molecule has 0 unspecified atom stereocenters. The van der Waals surface area contributed by atoms with Crippen LogP contribution in [0.25, 0.3) is 131 Å². The molecule has 0 amide bonds. The predicted octanol–water partition coefficient (Wildman–Crippen LogP) is 32.7. The summed E-state index contributed by atoms with van der Waals surface area (Å²) in [5, 5.41) is 35.7. The highest BCUT2D eigenvalue weighted by Crippen LogP contribution is 2.57. The van der Waals surface area contributed by atoms with Crippen molar-refractivity contribution < 1.29 is 9.66 Å². The predicted molar refractivity (Wildman–Crippen MR) is 529 cm³/mol. The highest BCUT2D eigenvalue weighted by molar-refractivity contribution is 8.00. The summed E-state index contributed by atoms with van der Waals surface area (Å²) in [5.74, 6) is 1.28. The molecule has 0 spiro atoms. The van der Waals surface area contributed by atoms with E-state index < -0.39 is 0 Å². The number of fused-ring (bicyclic) bond motifs is 18. The first kappa shape index (κ1) is 77.9. The number of benzene rings is 21. The van der Waals surface area contributed by atoms with Crippen LogP contribution in [0.4, 0.5) is 5.69 Å². The van der Waals surface area contributed by atoms with Crippen LogP contribution in [0.15, 0.2) is 466 Å². The first-order valence-electron chi connectivity index (χ1n) is 42.8. The molecule has 0 bridgehead atoms. The molecule has 600 valence electrons. The third-order valence-electron chi connectivity index (χ3n) is 25.5. The molecule has 0 aromatic heterocycles. The van der Waals surface area contributed by atoms with Gasteiger partial charge in [-0.15, -0.1) is 0 Å². The number of nitro benzene ring substituents is 1. The van der Waals surface area contributed by atoms with E-state index in [1.54, 1.807) is 31.4 Å². The average molecular weight is 1680 g/mol. The molecule has 21 aromatic rings. The number of methoxy groups -OCH3 is 1. The summed E-state index contributed by atoms with van der Waals surface area (Å²) >= 11 is 5.68. The molecule has 0 fully saturated rings. The van der Waals surface area contributed by atoms with Gasteiger partial charge in [0.25, 0.3) is 5.69 Å². The summed E-state index contributed by atoms with van der Waals surface area (Å²) in [6, 6.07) is 158. The van der Waals surface area contributed by atoms with Crippen LogP contribution in [0.5, 0.6) is 5.75 Å². The molecule has 0 radical (unpaired) electrons. The minimum absolute atomic E-state index is 0.100. The number of ether oxygens (including phenoxy) is 1. The van der Waals surface area contributed by atoms with Gasteiger partial charge in [-0.05, 0) is 254 Å². The lowest BCUT2D eigenvalue weighted by molar-refractivity contribution is -0.384. The second-order valence-corrected chi connectivity index (χ2v) is 35.9. The van der Waals surface area contributed by atoms with Crippen molar-refractivity contribution in [1.82, 2.24) is 0 Å². The quantitative estimate of drug-likeness (QED) is 0.0943. The maximum atomic E-state index is 11.0. The van der Waals surface area contributed by atoms with Crippen molar-refractivity contribution >= 4 is 106 Å². The molecular weight excluding hydrogens is 1600 g/mol. The van der Waals surface area contributed by atoms with Gasteiger partial charge in [0.05, 0.1) is 23.7 Å². The Morgan fingerprint density at radius 1 is 0.244 bits per heavy atom. The van der Waals surface area contributed by atoms with E-state index in [1.807, 2.05) is 71.7 Å². The van der Waals surface area contributed by atoms with Gasteiger partial charge >= 0.3 is 0 Å². The van der Waals surface area contributed by atoms with Crippen molar-refractivity contribution in [3.8, 4) is 78.6 Å². The number of rotatable bonds is 11. The van der Waals surface area contributed by atoms with Crippen molar-refractivity contribution in [2.24, 2.45) is 0 Å². The van der Waals surface area contributed by atoms with E-state index in [1.165, 1.54) is 177 Å². The number of nitrogens with zero attached hydrogens (tertiary/aromatic N) is 2. The normalized spacial score (nSPS) is 12.6. The van der Waals surface area contributed by atoms with Gasteiger partial charge in [0.2, 0.25) is 0 Å². The summed E-state index contributed by atoms with van der Waals surface area (Å²) in [5.41, 5.74) is 26.8. The van der Waals surface area contributed by atoms with Gasteiger partial charge in [-0.3, -0.25) is 10.1 Å². The molecule has 0 saturated carbocycles. The maximum absolute atomic E-state index is 11.0. The van der Waals surface area contributed by atoms with Crippen LogP contribution in [0, 0.1) is 21.4 Å². The Balaban J connectivity index is 0.000000112. The number of nitriles is 1. The first-order chi connectivity index (χ1) is 62.7. The van der Waals surface area contributed by atoms with Crippen LogP contribution in [-0.4, -0.2) is 12.0 Å². The zero-order valence-electron chi connectivity index (χ0n) is 69.1. The second-order valence-electron chi connectivity index (χ2n) is 32.6.